The van der Waals surface area contributed by atoms with Gasteiger partial charge >= 0.3 is 0 Å². The third kappa shape index (κ3) is 8.01. The van der Waals surface area contributed by atoms with Crippen LogP contribution in [0.1, 0.15) is 51.0 Å². The lowest BCUT2D eigenvalue weighted by Crippen LogP contribution is -2.49. The highest BCUT2D eigenvalue weighted by molar-refractivity contribution is 7.92. The van der Waals surface area contributed by atoms with Gasteiger partial charge in [0.15, 0.2) is 0 Å². The molecule has 0 bridgehead atoms. The zero-order valence-electron chi connectivity index (χ0n) is 22.0. The van der Waals surface area contributed by atoms with Gasteiger partial charge in [-0.15, -0.1) is 0 Å². The summed E-state index contributed by atoms with van der Waals surface area (Å²) in [5.41, 5.74) is 1.14. The molecule has 208 valence electrons. The molecular weight excluding hydrogens is 549 g/mol. The number of anilines is 1. The number of methoxy groups -OCH3 is 1. The molecule has 1 saturated carbocycles. The highest BCUT2D eigenvalue weighted by atomic mass is 35.5. The first kappa shape index (κ1) is 30.1. The quantitative estimate of drug-likeness (QED) is 0.378. The van der Waals surface area contributed by atoms with E-state index in [1.54, 1.807) is 49.4 Å². The Morgan fingerprint density at radius 2 is 1.79 bits per heavy atom. The fourth-order valence-corrected chi connectivity index (χ4v) is 5.92. The number of para-hydroxylation sites is 2. The summed E-state index contributed by atoms with van der Waals surface area (Å²) in [6.07, 6.45) is 5.44. The van der Waals surface area contributed by atoms with Gasteiger partial charge in [0.05, 0.1) is 29.1 Å². The van der Waals surface area contributed by atoms with Gasteiger partial charge in [-0.3, -0.25) is 13.9 Å². The average Bonchev–Trinajstić information content (AvgIpc) is 3.39. The monoisotopic (exact) mass is 583 g/mol. The van der Waals surface area contributed by atoms with E-state index in [2.05, 4.69) is 5.32 Å². The first-order valence-corrected chi connectivity index (χ1v) is 15.3. The first-order valence-electron chi connectivity index (χ1n) is 12.7. The number of halogens is 2. The molecule has 1 N–H and O–H groups in total. The molecule has 38 heavy (non-hydrogen) atoms. The van der Waals surface area contributed by atoms with E-state index >= 15 is 0 Å². The molecule has 1 aliphatic carbocycles. The summed E-state index contributed by atoms with van der Waals surface area (Å²) in [5, 5.41) is 3.83. The highest BCUT2D eigenvalue weighted by Gasteiger charge is 2.29. The molecule has 2 aromatic carbocycles. The normalized spacial score (nSPS) is 14.7. The predicted molar refractivity (Wildman–Crippen MR) is 151 cm³/mol. The lowest BCUT2D eigenvalue weighted by molar-refractivity contribution is -0.141. The van der Waals surface area contributed by atoms with Crippen LogP contribution in [0.4, 0.5) is 5.69 Å². The highest BCUT2D eigenvalue weighted by Crippen LogP contribution is 2.30. The van der Waals surface area contributed by atoms with Crippen molar-refractivity contribution in [1.82, 2.24) is 10.2 Å². The number of ether oxygens (including phenoxy) is 1. The van der Waals surface area contributed by atoms with Crippen LogP contribution < -0.4 is 14.4 Å². The van der Waals surface area contributed by atoms with Crippen molar-refractivity contribution < 1.29 is 22.7 Å². The minimum absolute atomic E-state index is 0.0452. The van der Waals surface area contributed by atoms with Gasteiger partial charge in [-0.2, -0.15) is 0 Å². The fraction of sp³-hybridized carbons (Fsp3) is 0.481. The van der Waals surface area contributed by atoms with Crippen molar-refractivity contribution in [3.63, 3.8) is 0 Å². The third-order valence-corrected chi connectivity index (χ3v) is 8.63. The number of nitrogens with zero attached hydrogens (tertiary/aromatic N) is 2. The second-order valence-corrected chi connectivity index (χ2v) is 12.3. The van der Waals surface area contributed by atoms with E-state index in [1.165, 1.54) is 16.3 Å². The number of sulfonamides is 1. The van der Waals surface area contributed by atoms with Gasteiger partial charge in [0.25, 0.3) is 0 Å². The van der Waals surface area contributed by atoms with E-state index < -0.39 is 16.1 Å². The largest absolute Gasteiger partial charge is 0.495 e. The van der Waals surface area contributed by atoms with Crippen LogP contribution in [-0.2, 0) is 26.2 Å². The molecule has 0 spiro atoms. The van der Waals surface area contributed by atoms with Crippen molar-refractivity contribution in [2.75, 3.05) is 24.2 Å². The first-order chi connectivity index (χ1) is 18.0. The van der Waals surface area contributed by atoms with Crippen molar-refractivity contribution in [2.24, 2.45) is 0 Å². The molecule has 8 nitrogen and oxygen atoms in total. The molecule has 1 fully saturated rings. The number of carbonyl (C=O) groups is 2. The summed E-state index contributed by atoms with van der Waals surface area (Å²) in [5.74, 6) is -0.0570. The van der Waals surface area contributed by atoms with Crippen LogP contribution in [0.15, 0.2) is 42.5 Å². The molecule has 0 heterocycles. The minimum Gasteiger partial charge on any atom is -0.495 e. The molecule has 0 aromatic heterocycles. The number of rotatable bonds is 12. The third-order valence-electron chi connectivity index (χ3n) is 6.71. The number of hydrogen-bond donors (Lipinski definition) is 1. The van der Waals surface area contributed by atoms with Crippen LogP contribution in [-0.4, -0.2) is 57.1 Å². The van der Waals surface area contributed by atoms with Gasteiger partial charge in [-0.1, -0.05) is 54.2 Å². The van der Waals surface area contributed by atoms with E-state index in [4.69, 9.17) is 27.9 Å². The van der Waals surface area contributed by atoms with Crippen molar-refractivity contribution >= 4 is 50.7 Å². The number of amides is 2. The molecular formula is C27H35Cl2N3O5S. The van der Waals surface area contributed by atoms with Gasteiger partial charge in [0.2, 0.25) is 21.8 Å². The number of nitrogens with one attached hydrogen (secondary N) is 1. The maximum Gasteiger partial charge on any atom is 0.242 e. The van der Waals surface area contributed by atoms with Gasteiger partial charge in [-0.25, -0.2) is 8.42 Å². The second kappa shape index (κ2) is 13.5. The average molecular weight is 585 g/mol. The molecule has 2 aromatic rings. The van der Waals surface area contributed by atoms with Crippen LogP contribution in [0.3, 0.4) is 0 Å². The standard InChI is InChI=1S/C27H35Cl2N3O5S/c1-19(27(34)30-21-9-4-5-10-21)31(18-20-14-15-22(28)23(29)17-20)26(33)13-8-16-32(38(3,35)36)24-11-6-7-12-25(24)37-2/h6-7,11-12,14-15,17,19,21H,4-5,8-10,13,16,18H2,1-3H3,(H,30,34)/t19-/m0/s1. The molecule has 2 amide bonds. The van der Waals surface area contributed by atoms with E-state index in [-0.39, 0.29) is 43.8 Å². The maximum absolute atomic E-state index is 13.5. The Labute approximate surface area is 235 Å². The number of carbonyl (C=O) groups excluding carboxylic acids is 2. The van der Waals surface area contributed by atoms with Crippen LogP contribution in [0.25, 0.3) is 0 Å². The molecule has 0 saturated heterocycles. The maximum atomic E-state index is 13.5. The molecule has 1 aliphatic rings. The Balaban J connectivity index is 1.75. The lowest BCUT2D eigenvalue weighted by Gasteiger charge is -2.30. The van der Waals surface area contributed by atoms with E-state index in [0.29, 0.717) is 21.5 Å². The van der Waals surface area contributed by atoms with Gasteiger partial charge < -0.3 is 15.0 Å². The summed E-state index contributed by atoms with van der Waals surface area (Å²) in [6, 6.07) is 11.3. The zero-order valence-corrected chi connectivity index (χ0v) is 24.3. The minimum atomic E-state index is -3.63. The van der Waals surface area contributed by atoms with Crippen molar-refractivity contribution in [2.45, 2.75) is 64.1 Å². The smallest absolute Gasteiger partial charge is 0.242 e. The topological polar surface area (TPSA) is 96.0 Å². The summed E-state index contributed by atoms with van der Waals surface area (Å²) in [4.78, 5) is 28.1. The summed E-state index contributed by atoms with van der Waals surface area (Å²) >= 11 is 12.2. The van der Waals surface area contributed by atoms with E-state index in [1.807, 2.05) is 0 Å². The second-order valence-electron chi connectivity index (χ2n) is 9.55. The Bertz CT molecular complexity index is 1230. The Morgan fingerprint density at radius 1 is 1.11 bits per heavy atom. The van der Waals surface area contributed by atoms with Crippen molar-refractivity contribution in [1.29, 1.82) is 0 Å². The van der Waals surface area contributed by atoms with Crippen LogP contribution >= 0.6 is 23.2 Å². The summed E-state index contributed by atoms with van der Waals surface area (Å²) < 4.78 is 31.7. The van der Waals surface area contributed by atoms with E-state index in [0.717, 1.165) is 37.5 Å². The van der Waals surface area contributed by atoms with Crippen molar-refractivity contribution in [3.8, 4) is 5.75 Å². The molecule has 11 heteroatoms. The lowest BCUT2D eigenvalue weighted by atomic mass is 10.1. The van der Waals surface area contributed by atoms with Crippen molar-refractivity contribution in [3.05, 3.63) is 58.1 Å². The zero-order chi connectivity index (χ0) is 27.9. The summed E-state index contributed by atoms with van der Waals surface area (Å²) in [6.45, 7) is 1.95. The fourth-order valence-electron chi connectivity index (χ4n) is 4.63. The molecule has 3 rings (SSSR count). The number of hydrogen-bond acceptors (Lipinski definition) is 5. The molecule has 0 aliphatic heterocycles. The Hall–Kier alpha value is -2.49. The summed E-state index contributed by atoms with van der Waals surface area (Å²) in [7, 11) is -2.16. The molecule has 0 unspecified atom stereocenters. The molecule has 0 radical (unpaired) electrons. The Morgan fingerprint density at radius 3 is 2.42 bits per heavy atom. The van der Waals surface area contributed by atoms with E-state index in [9.17, 15) is 18.0 Å². The van der Waals surface area contributed by atoms with Crippen LogP contribution in [0.2, 0.25) is 10.0 Å². The number of benzene rings is 2. The van der Waals surface area contributed by atoms with Gasteiger partial charge in [0.1, 0.15) is 11.8 Å². The SMILES string of the molecule is COc1ccccc1N(CCCC(=O)N(Cc1ccc(Cl)c(Cl)c1)[C@@H](C)C(=O)NC1CCCC1)S(C)(=O)=O. The van der Waals surface area contributed by atoms with Crippen LogP contribution in [0, 0.1) is 0 Å². The van der Waals surface area contributed by atoms with Gasteiger partial charge in [0, 0.05) is 25.6 Å². The van der Waals surface area contributed by atoms with Crippen LogP contribution in [0.5, 0.6) is 5.75 Å². The predicted octanol–water partition coefficient (Wildman–Crippen LogP) is 5.02. The van der Waals surface area contributed by atoms with Gasteiger partial charge in [-0.05, 0) is 56.0 Å². The Kier molecular flexibility index (Phi) is 10.7. The molecule has 1 atom stereocenters.